The lowest BCUT2D eigenvalue weighted by Gasteiger charge is -2.13. The number of halogens is 1. The fourth-order valence-corrected chi connectivity index (χ4v) is 6.80. The SMILES string of the molecule is O=C(Cc1ccc(S(=O)(=O)N2CCCC2)s1)NCCSCc1ccccc1F. The second kappa shape index (κ2) is 9.87. The van der Waals surface area contributed by atoms with E-state index in [1.807, 2.05) is 0 Å². The molecule has 0 unspecified atom stereocenters. The zero-order chi connectivity index (χ0) is 20.0. The van der Waals surface area contributed by atoms with Gasteiger partial charge in [-0.2, -0.15) is 16.1 Å². The van der Waals surface area contributed by atoms with Crippen molar-refractivity contribution in [3.05, 3.63) is 52.7 Å². The molecule has 0 saturated carbocycles. The Kier molecular flexibility index (Phi) is 7.50. The van der Waals surface area contributed by atoms with Crippen molar-refractivity contribution in [2.45, 2.75) is 29.2 Å². The lowest BCUT2D eigenvalue weighted by atomic mass is 10.2. The number of nitrogens with one attached hydrogen (secondary N) is 1. The molecular weight excluding hydrogens is 419 g/mol. The van der Waals surface area contributed by atoms with Crippen LogP contribution in [-0.4, -0.2) is 44.0 Å². The predicted octanol–water partition coefficient (Wildman–Crippen LogP) is 3.26. The molecule has 1 fully saturated rings. The molecule has 1 aliphatic heterocycles. The number of rotatable bonds is 9. The number of thioether (sulfide) groups is 1. The summed E-state index contributed by atoms with van der Waals surface area (Å²) in [7, 11) is -3.42. The van der Waals surface area contributed by atoms with Crippen molar-refractivity contribution in [3.63, 3.8) is 0 Å². The summed E-state index contributed by atoms with van der Waals surface area (Å²) in [5, 5.41) is 2.83. The standard InChI is InChI=1S/C19H23FN2O3S3/c20-17-6-2-1-5-15(17)14-26-12-9-21-18(23)13-16-7-8-19(27-16)28(24,25)22-10-3-4-11-22/h1-2,5-8H,3-4,9-14H2,(H,21,23). The fraction of sp³-hybridized carbons (Fsp3) is 0.421. The molecule has 1 N–H and O–H groups in total. The van der Waals surface area contributed by atoms with Crippen molar-refractivity contribution in [1.82, 2.24) is 9.62 Å². The van der Waals surface area contributed by atoms with Gasteiger partial charge >= 0.3 is 0 Å². The summed E-state index contributed by atoms with van der Waals surface area (Å²) < 4.78 is 40.4. The molecule has 0 radical (unpaired) electrons. The molecule has 0 bridgehead atoms. The van der Waals surface area contributed by atoms with Crippen LogP contribution < -0.4 is 5.32 Å². The molecule has 1 amide bonds. The highest BCUT2D eigenvalue weighted by atomic mass is 32.2. The minimum Gasteiger partial charge on any atom is -0.355 e. The largest absolute Gasteiger partial charge is 0.355 e. The van der Waals surface area contributed by atoms with Crippen LogP contribution in [0.1, 0.15) is 23.3 Å². The normalized spacial score (nSPS) is 15.0. The predicted molar refractivity (Wildman–Crippen MR) is 112 cm³/mol. The maximum atomic E-state index is 13.5. The Balaban J connectivity index is 1.40. The van der Waals surface area contributed by atoms with Gasteiger partial charge in [-0.3, -0.25) is 4.79 Å². The summed E-state index contributed by atoms with van der Waals surface area (Å²) in [5.41, 5.74) is 0.657. The summed E-state index contributed by atoms with van der Waals surface area (Å²) in [4.78, 5) is 12.8. The Labute approximate surface area is 173 Å². The molecule has 1 aromatic heterocycles. The minimum atomic E-state index is -3.42. The molecule has 0 aliphatic carbocycles. The average Bonchev–Trinajstić information content (AvgIpc) is 3.35. The number of amides is 1. The maximum Gasteiger partial charge on any atom is 0.252 e. The highest BCUT2D eigenvalue weighted by molar-refractivity contribution is 7.98. The second-order valence-electron chi connectivity index (χ2n) is 6.50. The quantitative estimate of drug-likeness (QED) is 0.606. The van der Waals surface area contributed by atoms with E-state index in [0.29, 0.717) is 40.9 Å². The first-order valence-electron chi connectivity index (χ1n) is 9.13. The summed E-state index contributed by atoms with van der Waals surface area (Å²) in [6.45, 7) is 1.63. The molecule has 9 heteroatoms. The van der Waals surface area contributed by atoms with Crippen LogP contribution in [-0.2, 0) is 27.0 Å². The first kappa shape index (κ1) is 21.3. The molecule has 28 heavy (non-hydrogen) atoms. The van der Waals surface area contributed by atoms with E-state index in [1.54, 1.807) is 42.1 Å². The zero-order valence-corrected chi connectivity index (χ0v) is 17.8. The molecule has 1 saturated heterocycles. The zero-order valence-electron chi connectivity index (χ0n) is 15.4. The van der Waals surface area contributed by atoms with Crippen LogP contribution in [0.5, 0.6) is 0 Å². The number of carbonyl (C=O) groups excluding carboxylic acids is 1. The van der Waals surface area contributed by atoms with Gasteiger partial charge in [0.15, 0.2) is 0 Å². The maximum absolute atomic E-state index is 13.5. The van der Waals surface area contributed by atoms with Crippen LogP contribution in [0.2, 0.25) is 0 Å². The number of sulfonamides is 1. The Morgan fingerprint density at radius 1 is 1.18 bits per heavy atom. The first-order chi connectivity index (χ1) is 13.5. The molecule has 152 valence electrons. The van der Waals surface area contributed by atoms with Crippen molar-refractivity contribution < 1.29 is 17.6 Å². The van der Waals surface area contributed by atoms with Crippen LogP contribution in [0.4, 0.5) is 4.39 Å². The van der Waals surface area contributed by atoms with E-state index in [9.17, 15) is 17.6 Å². The van der Waals surface area contributed by atoms with E-state index >= 15 is 0 Å². The van der Waals surface area contributed by atoms with Crippen molar-refractivity contribution in [2.75, 3.05) is 25.4 Å². The average molecular weight is 443 g/mol. The van der Waals surface area contributed by atoms with E-state index in [4.69, 9.17) is 0 Å². The molecule has 1 aromatic carbocycles. The van der Waals surface area contributed by atoms with Crippen molar-refractivity contribution >= 4 is 39.0 Å². The summed E-state index contributed by atoms with van der Waals surface area (Å²) in [6.07, 6.45) is 1.96. The van der Waals surface area contributed by atoms with Gasteiger partial charge in [0, 0.05) is 36.0 Å². The molecular formula is C19H23FN2O3S3. The van der Waals surface area contributed by atoms with Gasteiger partial charge in [-0.1, -0.05) is 18.2 Å². The van der Waals surface area contributed by atoms with Gasteiger partial charge in [-0.05, 0) is 36.6 Å². The summed E-state index contributed by atoms with van der Waals surface area (Å²) in [5.74, 6) is 0.888. The first-order valence-corrected chi connectivity index (χ1v) is 12.5. The fourth-order valence-electron chi connectivity index (χ4n) is 2.93. The monoisotopic (exact) mass is 442 g/mol. The molecule has 1 aliphatic rings. The molecule has 3 rings (SSSR count). The lowest BCUT2D eigenvalue weighted by Crippen LogP contribution is -2.27. The molecule has 2 heterocycles. The van der Waals surface area contributed by atoms with Crippen LogP contribution in [0.25, 0.3) is 0 Å². The van der Waals surface area contributed by atoms with Crippen molar-refractivity contribution in [2.24, 2.45) is 0 Å². The molecule has 0 spiro atoms. The highest BCUT2D eigenvalue weighted by Crippen LogP contribution is 2.27. The van der Waals surface area contributed by atoms with Gasteiger partial charge in [0.25, 0.3) is 10.0 Å². The van der Waals surface area contributed by atoms with Gasteiger partial charge < -0.3 is 5.32 Å². The third-order valence-electron chi connectivity index (χ3n) is 4.41. The van der Waals surface area contributed by atoms with Gasteiger partial charge in [0.1, 0.15) is 10.0 Å². The molecule has 5 nitrogen and oxygen atoms in total. The third-order valence-corrected chi connectivity index (χ3v) is 8.87. The number of nitrogens with zero attached hydrogens (tertiary/aromatic N) is 1. The van der Waals surface area contributed by atoms with Crippen LogP contribution in [0.3, 0.4) is 0 Å². The summed E-state index contributed by atoms with van der Waals surface area (Å²) in [6, 6.07) is 9.96. The number of hydrogen-bond acceptors (Lipinski definition) is 5. The number of carbonyl (C=O) groups is 1. The Morgan fingerprint density at radius 2 is 1.93 bits per heavy atom. The van der Waals surface area contributed by atoms with Crippen LogP contribution in [0, 0.1) is 5.82 Å². The van der Waals surface area contributed by atoms with Crippen LogP contribution >= 0.6 is 23.1 Å². The van der Waals surface area contributed by atoms with Gasteiger partial charge in [-0.15, -0.1) is 11.3 Å². The number of hydrogen-bond donors (Lipinski definition) is 1. The third kappa shape index (κ3) is 5.56. The highest BCUT2D eigenvalue weighted by Gasteiger charge is 2.28. The Morgan fingerprint density at radius 3 is 2.68 bits per heavy atom. The number of thiophene rings is 1. The summed E-state index contributed by atoms with van der Waals surface area (Å²) >= 11 is 2.71. The Hall–Kier alpha value is -1.42. The minimum absolute atomic E-state index is 0.140. The lowest BCUT2D eigenvalue weighted by molar-refractivity contribution is -0.120. The van der Waals surface area contributed by atoms with Crippen molar-refractivity contribution in [3.8, 4) is 0 Å². The van der Waals surface area contributed by atoms with Crippen molar-refractivity contribution in [1.29, 1.82) is 0 Å². The van der Waals surface area contributed by atoms with Gasteiger partial charge in [0.2, 0.25) is 5.91 Å². The molecule has 0 atom stereocenters. The second-order valence-corrected chi connectivity index (χ2v) is 10.9. The van der Waals surface area contributed by atoms with E-state index in [2.05, 4.69) is 5.32 Å². The smallest absolute Gasteiger partial charge is 0.252 e. The van der Waals surface area contributed by atoms with Gasteiger partial charge in [0.05, 0.1) is 6.42 Å². The van der Waals surface area contributed by atoms with Crippen LogP contribution in [0.15, 0.2) is 40.6 Å². The Bertz CT molecular complexity index is 909. The van der Waals surface area contributed by atoms with Gasteiger partial charge in [-0.25, -0.2) is 12.8 Å². The van der Waals surface area contributed by atoms with E-state index < -0.39 is 10.0 Å². The topological polar surface area (TPSA) is 66.5 Å². The number of benzene rings is 1. The van der Waals surface area contributed by atoms with E-state index in [1.165, 1.54) is 10.4 Å². The molecule has 2 aromatic rings. The van der Waals surface area contributed by atoms with E-state index in [0.717, 1.165) is 29.1 Å². The van der Waals surface area contributed by atoms with E-state index in [-0.39, 0.29) is 18.1 Å².